The lowest BCUT2D eigenvalue weighted by molar-refractivity contribution is 0.0998. The molecule has 3 nitrogen and oxygen atoms in total. The number of hydrogen-bond acceptors (Lipinski definition) is 2. The molecule has 0 saturated carbocycles. The van der Waals surface area contributed by atoms with E-state index >= 15 is 0 Å². The Morgan fingerprint density at radius 3 is 2.04 bits per heavy atom. The van der Waals surface area contributed by atoms with Gasteiger partial charge in [0.1, 0.15) is 11.6 Å². The Balaban J connectivity index is 2.13. The molecule has 25 heavy (non-hydrogen) atoms. The predicted octanol–water partition coefficient (Wildman–Crippen LogP) is 5.13. The molecule has 0 bridgehead atoms. The topological polar surface area (TPSA) is 40.5 Å². The highest BCUT2D eigenvalue weighted by molar-refractivity contribution is 6.11. The van der Waals surface area contributed by atoms with Crippen LogP contribution in [0.3, 0.4) is 0 Å². The molecule has 0 heterocycles. The van der Waals surface area contributed by atoms with Crippen LogP contribution in [0.25, 0.3) is 0 Å². The van der Waals surface area contributed by atoms with Crippen molar-refractivity contribution in [1.82, 2.24) is 0 Å². The van der Waals surface area contributed by atoms with E-state index in [1.165, 1.54) is 29.2 Å². The maximum Gasteiger partial charge on any atom is 0.263 e. The monoisotopic (exact) mass is 335 g/mol. The van der Waals surface area contributed by atoms with Crippen LogP contribution in [0.1, 0.15) is 21.5 Å². The molecule has 0 fully saturated rings. The van der Waals surface area contributed by atoms with Crippen LogP contribution in [0.2, 0.25) is 0 Å². The standard InChI is InChI=1S/C21H18FNO2/c1-14-4-3-5-20(15(14)2)21(25)23(17-8-6-16(22)7-9-17)18-10-12-19(24)13-11-18/h3-13,24H,1-2H3. The van der Waals surface area contributed by atoms with Gasteiger partial charge in [-0.2, -0.15) is 0 Å². The van der Waals surface area contributed by atoms with Crippen LogP contribution in [-0.2, 0) is 0 Å². The number of nitrogens with zero attached hydrogens (tertiary/aromatic N) is 1. The molecule has 0 spiro atoms. The number of rotatable bonds is 3. The summed E-state index contributed by atoms with van der Waals surface area (Å²) in [7, 11) is 0. The zero-order chi connectivity index (χ0) is 18.0. The number of carbonyl (C=O) groups excluding carboxylic acids is 1. The van der Waals surface area contributed by atoms with E-state index in [2.05, 4.69) is 0 Å². The average Bonchev–Trinajstić information content (AvgIpc) is 2.61. The van der Waals surface area contributed by atoms with Crippen LogP contribution in [0, 0.1) is 19.7 Å². The number of aromatic hydroxyl groups is 1. The molecule has 0 aliphatic carbocycles. The number of carbonyl (C=O) groups is 1. The van der Waals surface area contributed by atoms with Crippen LogP contribution in [-0.4, -0.2) is 11.0 Å². The van der Waals surface area contributed by atoms with Gasteiger partial charge in [-0.1, -0.05) is 12.1 Å². The van der Waals surface area contributed by atoms with Gasteiger partial charge >= 0.3 is 0 Å². The summed E-state index contributed by atoms with van der Waals surface area (Å²) < 4.78 is 13.3. The number of benzene rings is 3. The fourth-order valence-electron chi connectivity index (χ4n) is 2.68. The van der Waals surface area contributed by atoms with E-state index in [4.69, 9.17) is 0 Å². The smallest absolute Gasteiger partial charge is 0.263 e. The number of amides is 1. The van der Waals surface area contributed by atoms with Crippen molar-refractivity contribution in [2.45, 2.75) is 13.8 Å². The van der Waals surface area contributed by atoms with E-state index in [1.54, 1.807) is 30.3 Å². The highest BCUT2D eigenvalue weighted by Crippen LogP contribution is 2.30. The molecule has 3 aromatic carbocycles. The van der Waals surface area contributed by atoms with Gasteiger partial charge in [0.25, 0.3) is 5.91 Å². The summed E-state index contributed by atoms with van der Waals surface area (Å²) in [4.78, 5) is 14.8. The lowest BCUT2D eigenvalue weighted by Gasteiger charge is -2.24. The zero-order valence-electron chi connectivity index (χ0n) is 14.0. The molecule has 0 saturated heterocycles. The van der Waals surface area contributed by atoms with Gasteiger partial charge in [-0.05, 0) is 79.6 Å². The van der Waals surface area contributed by atoms with Crippen LogP contribution in [0.15, 0.2) is 66.7 Å². The van der Waals surface area contributed by atoms with Crippen LogP contribution >= 0.6 is 0 Å². The SMILES string of the molecule is Cc1cccc(C(=O)N(c2ccc(O)cc2)c2ccc(F)cc2)c1C. The van der Waals surface area contributed by atoms with Crippen molar-refractivity contribution in [3.63, 3.8) is 0 Å². The Kier molecular flexibility index (Phi) is 4.52. The van der Waals surface area contributed by atoms with E-state index in [-0.39, 0.29) is 17.5 Å². The minimum Gasteiger partial charge on any atom is -0.508 e. The first kappa shape index (κ1) is 16.7. The number of aryl methyl sites for hydroxylation is 1. The first-order chi connectivity index (χ1) is 12.0. The number of halogens is 1. The second-order valence-electron chi connectivity index (χ2n) is 5.88. The van der Waals surface area contributed by atoms with Crippen molar-refractivity contribution < 1.29 is 14.3 Å². The molecule has 4 heteroatoms. The summed E-state index contributed by atoms with van der Waals surface area (Å²) in [6, 6.07) is 17.7. The lowest BCUT2D eigenvalue weighted by atomic mass is 10.0. The van der Waals surface area contributed by atoms with Gasteiger partial charge in [-0.3, -0.25) is 9.69 Å². The van der Waals surface area contributed by atoms with Gasteiger partial charge in [0.15, 0.2) is 0 Å². The van der Waals surface area contributed by atoms with E-state index < -0.39 is 0 Å². The number of anilines is 2. The molecule has 0 atom stereocenters. The van der Waals surface area contributed by atoms with Gasteiger partial charge in [-0.15, -0.1) is 0 Å². The molecule has 1 N–H and O–H groups in total. The fraction of sp³-hybridized carbons (Fsp3) is 0.0952. The van der Waals surface area contributed by atoms with Gasteiger partial charge in [-0.25, -0.2) is 4.39 Å². The fourth-order valence-corrected chi connectivity index (χ4v) is 2.68. The second-order valence-corrected chi connectivity index (χ2v) is 5.88. The van der Waals surface area contributed by atoms with Crippen LogP contribution in [0.5, 0.6) is 5.75 Å². The Hall–Kier alpha value is -3.14. The van der Waals surface area contributed by atoms with Gasteiger partial charge < -0.3 is 5.11 Å². The first-order valence-corrected chi connectivity index (χ1v) is 7.92. The summed E-state index contributed by atoms with van der Waals surface area (Å²) in [5, 5.41) is 9.53. The summed E-state index contributed by atoms with van der Waals surface area (Å²) in [5.41, 5.74) is 3.65. The van der Waals surface area contributed by atoms with Gasteiger partial charge in [0.2, 0.25) is 0 Å². The summed E-state index contributed by atoms with van der Waals surface area (Å²) in [5.74, 6) is -0.464. The molecule has 0 aromatic heterocycles. The Morgan fingerprint density at radius 2 is 1.44 bits per heavy atom. The van der Waals surface area contributed by atoms with E-state index in [9.17, 15) is 14.3 Å². The summed E-state index contributed by atoms with van der Waals surface area (Å²) >= 11 is 0. The Bertz CT molecular complexity index is 857. The van der Waals surface area contributed by atoms with Crippen molar-refractivity contribution in [1.29, 1.82) is 0 Å². The maximum atomic E-state index is 13.3. The molecule has 0 radical (unpaired) electrons. The maximum absolute atomic E-state index is 13.3. The van der Waals surface area contributed by atoms with Crippen LogP contribution in [0.4, 0.5) is 15.8 Å². The highest BCUT2D eigenvalue weighted by Gasteiger charge is 2.22. The van der Waals surface area contributed by atoms with Crippen molar-refractivity contribution in [2.75, 3.05) is 4.90 Å². The first-order valence-electron chi connectivity index (χ1n) is 7.92. The lowest BCUT2D eigenvalue weighted by Crippen LogP contribution is -2.26. The predicted molar refractivity (Wildman–Crippen MR) is 96.9 cm³/mol. The second kappa shape index (κ2) is 6.77. The third-order valence-electron chi connectivity index (χ3n) is 4.23. The summed E-state index contributed by atoms with van der Waals surface area (Å²) in [6.45, 7) is 3.86. The Labute approximate surface area is 146 Å². The molecular formula is C21H18FNO2. The zero-order valence-corrected chi connectivity index (χ0v) is 14.0. The van der Waals surface area contributed by atoms with Crippen molar-refractivity contribution in [3.05, 3.63) is 89.2 Å². The summed E-state index contributed by atoms with van der Waals surface area (Å²) in [6.07, 6.45) is 0. The molecule has 0 aliphatic heterocycles. The molecule has 1 amide bonds. The van der Waals surface area contributed by atoms with E-state index in [1.807, 2.05) is 26.0 Å². The molecular weight excluding hydrogens is 317 g/mol. The van der Waals surface area contributed by atoms with Crippen molar-refractivity contribution in [2.24, 2.45) is 0 Å². The number of phenols is 1. The minimum absolute atomic E-state index is 0.113. The Morgan fingerprint density at radius 1 is 0.880 bits per heavy atom. The van der Waals surface area contributed by atoms with E-state index in [0.29, 0.717) is 16.9 Å². The molecule has 0 aliphatic rings. The normalized spacial score (nSPS) is 10.5. The third-order valence-corrected chi connectivity index (χ3v) is 4.23. The van der Waals surface area contributed by atoms with Gasteiger partial charge in [0, 0.05) is 16.9 Å². The van der Waals surface area contributed by atoms with E-state index in [0.717, 1.165) is 11.1 Å². The highest BCUT2D eigenvalue weighted by atomic mass is 19.1. The largest absolute Gasteiger partial charge is 0.508 e. The third kappa shape index (κ3) is 3.38. The van der Waals surface area contributed by atoms with Crippen LogP contribution < -0.4 is 4.90 Å². The minimum atomic E-state index is -0.367. The molecule has 126 valence electrons. The quantitative estimate of drug-likeness (QED) is 0.721. The molecule has 0 unspecified atom stereocenters. The molecule has 3 rings (SSSR count). The number of phenolic OH excluding ortho intramolecular Hbond substituents is 1. The van der Waals surface area contributed by atoms with Crippen molar-refractivity contribution in [3.8, 4) is 5.75 Å². The number of hydrogen-bond donors (Lipinski definition) is 1. The van der Waals surface area contributed by atoms with Gasteiger partial charge in [0.05, 0.1) is 0 Å². The van der Waals surface area contributed by atoms with Crippen molar-refractivity contribution >= 4 is 17.3 Å². The average molecular weight is 335 g/mol. The molecule has 3 aromatic rings.